The van der Waals surface area contributed by atoms with Gasteiger partial charge in [0.15, 0.2) is 0 Å². The van der Waals surface area contributed by atoms with Gasteiger partial charge in [-0.25, -0.2) is 9.18 Å². The van der Waals surface area contributed by atoms with Gasteiger partial charge in [-0.3, -0.25) is 10.1 Å². The van der Waals surface area contributed by atoms with E-state index in [1.165, 1.54) is 19.9 Å². The number of carboxylic acids is 1. The standard InChI is InChI=1S/C13H17FN2O4/c1-4-5-13(3,12(17)18)15-10-6-8(2)9(14)7-11(10)16(19)20/h6-7,15H,4-5H2,1-3H3,(H,17,18). The Hall–Kier alpha value is -2.18. The maximum Gasteiger partial charge on any atom is 0.329 e. The van der Waals surface area contributed by atoms with E-state index in [0.29, 0.717) is 6.42 Å². The Kier molecular flexibility index (Phi) is 4.65. The lowest BCUT2D eigenvalue weighted by Crippen LogP contribution is -2.43. The molecule has 0 spiro atoms. The van der Waals surface area contributed by atoms with Gasteiger partial charge in [0.2, 0.25) is 0 Å². The summed E-state index contributed by atoms with van der Waals surface area (Å²) in [7, 11) is 0. The van der Waals surface area contributed by atoms with E-state index in [2.05, 4.69) is 5.32 Å². The van der Waals surface area contributed by atoms with Crippen LogP contribution in [0.4, 0.5) is 15.8 Å². The van der Waals surface area contributed by atoms with Crippen molar-refractivity contribution in [3.8, 4) is 0 Å². The topological polar surface area (TPSA) is 92.5 Å². The van der Waals surface area contributed by atoms with E-state index < -0.39 is 27.9 Å². The fourth-order valence-electron chi connectivity index (χ4n) is 1.94. The number of halogens is 1. The molecule has 0 fully saturated rings. The number of hydrogen-bond donors (Lipinski definition) is 2. The summed E-state index contributed by atoms with van der Waals surface area (Å²) in [6.07, 6.45) is 0.875. The van der Waals surface area contributed by atoms with Crippen LogP contribution in [0.3, 0.4) is 0 Å². The largest absolute Gasteiger partial charge is 0.480 e. The molecule has 0 saturated carbocycles. The minimum absolute atomic E-state index is 0.00671. The molecule has 110 valence electrons. The number of benzene rings is 1. The fourth-order valence-corrected chi connectivity index (χ4v) is 1.94. The average Bonchev–Trinajstić information content (AvgIpc) is 2.33. The highest BCUT2D eigenvalue weighted by Gasteiger charge is 2.34. The number of nitro groups is 1. The number of aryl methyl sites for hydroxylation is 1. The maximum atomic E-state index is 13.4. The highest BCUT2D eigenvalue weighted by atomic mass is 19.1. The van der Waals surface area contributed by atoms with Gasteiger partial charge in [0.1, 0.15) is 17.0 Å². The number of hydrogen-bond acceptors (Lipinski definition) is 4. The Morgan fingerprint density at radius 2 is 2.15 bits per heavy atom. The number of aliphatic carboxylic acids is 1. The molecule has 1 aromatic rings. The number of rotatable bonds is 6. The number of nitrogens with one attached hydrogen (secondary N) is 1. The molecule has 0 saturated heterocycles. The Morgan fingerprint density at radius 3 is 2.60 bits per heavy atom. The third kappa shape index (κ3) is 3.23. The third-order valence-corrected chi connectivity index (χ3v) is 3.11. The molecule has 0 bridgehead atoms. The first-order chi connectivity index (χ1) is 9.21. The molecule has 1 rings (SSSR count). The Labute approximate surface area is 115 Å². The van der Waals surface area contributed by atoms with Crippen molar-refractivity contribution in [3.63, 3.8) is 0 Å². The first kappa shape index (κ1) is 15.9. The lowest BCUT2D eigenvalue weighted by atomic mass is 9.95. The molecule has 0 aliphatic rings. The van der Waals surface area contributed by atoms with Gasteiger partial charge in [-0.2, -0.15) is 0 Å². The molecule has 0 radical (unpaired) electrons. The minimum atomic E-state index is -1.34. The summed E-state index contributed by atoms with van der Waals surface area (Å²) >= 11 is 0. The first-order valence-electron chi connectivity index (χ1n) is 6.17. The highest BCUT2D eigenvalue weighted by molar-refractivity contribution is 5.83. The van der Waals surface area contributed by atoms with Crippen LogP contribution in [0.25, 0.3) is 0 Å². The van der Waals surface area contributed by atoms with Crippen molar-refractivity contribution in [2.24, 2.45) is 0 Å². The van der Waals surface area contributed by atoms with Crippen LogP contribution in [-0.4, -0.2) is 21.5 Å². The molecule has 1 atom stereocenters. The summed E-state index contributed by atoms with van der Waals surface area (Å²) in [6.45, 7) is 4.72. The zero-order valence-corrected chi connectivity index (χ0v) is 11.6. The van der Waals surface area contributed by atoms with E-state index in [4.69, 9.17) is 0 Å². The molecular formula is C13H17FN2O4. The lowest BCUT2D eigenvalue weighted by Gasteiger charge is -2.27. The van der Waals surface area contributed by atoms with E-state index in [0.717, 1.165) is 6.07 Å². The van der Waals surface area contributed by atoms with Gasteiger partial charge >= 0.3 is 5.97 Å². The van der Waals surface area contributed by atoms with Crippen molar-refractivity contribution in [3.05, 3.63) is 33.6 Å². The second-order valence-corrected chi connectivity index (χ2v) is 4.89. The van der Waals surface area contributed by atoms with Gasteiger partial charge in [-0.1, -0.05) is 13.3 Å². The smallest absolute Gasteiger partial charge is 0.329 e. The molecule has 0 aliphatic carbocycles. The van der Waals surface area contributed by atoms with Gasteiger partial charge < -0.3 is 10.4 Å². The van der Waals surface area contributed by atoms with Crippen molar-refractivity contribution in [2.75, 3.05) is 5.32 Å². The number of nitrogens with zero attached hydrogens (tertiary/aromatic N) is 1. The molecular weight excluding hydrogens is 267 g/mol. The quantitative estimate of drug-likeness (QED) is 0.618. The Bertz CT molecular complexity index is 547. The summed E-state index contributed by atoms with van der Waals surface area (Å²) in [5.74, 6) is -1.81. The maximum absolute atomic E-state index is 13.4. The second-order valence-electron chi connectivity index (χ2n) is 4.89. The zero-order chi connectivity index (χ0) is 15.5. The second kappa shape index (κ2) is 5.85. The van der Waals surface area contributed by atoms with Gasteiger partial charge in [0, 0.05) is 0 Å². The average molecular weight is 284 g/mol. The van der Waals surface area contributed by atoms with Crippen LogP contribution in [0.15, 0.2) is 12.1 Å². The van der Waals surface area contributed by atoms with E-state index in [9.17, 15) is 24.4 Å². The van der Waals surface area contributed by atoms with Crippen molar-refractivity contribution in [1.82, 2.24) is 0 Å². The fraction of sp³-hybridized carbons (Fsp3) is 0.462. The number of anilines is 1. The van der Waals surface area contributed by atoms with Gasteiger partial charge in [-0.05, 0) is 31.9 Å². The molecule has 0 amide bonds. The summed E-state index contributed by atoms with van der Waals surface area (Å²) in [5.41, 5.74) is -1.60. The van der Waals surface area contributed by atoms with Crippen LogP contribution in [-0.2, 0) is 4.79 Å². The SMILES string of the molecule is CCCC(C)(Nc1cc(C)c(F)cc1[N+](=O)[O-])C(=O)O. The van der Waals surface area contributed by atoms with Crippen LogP contribution >= 0.6 is 0 Å². The number of nitro benzene ring substituents is 1. The van der Waals surface area contributed by atoms with Crippen molar-refractivity contribution in [2.45, 2.75) is 39.2 Å². The van der Waals surface area contributed by atoms with Crippen LogP contribution in [0.1, 0.15) is 32.3 Å². The van der Waals surface area contributed by atoms with Crippen LogP contribution in [0.2, 0.25) is 0 Å². The molecule has 6 nitrogen and oxygen atoms in total. The molecule has 2 N–H and O–H groups in total. The van der Waals surface area contributed by atoms with E-state index >= 15 is 0 Å². The summed E-state index contributed by atoms with van der Waals surface area (Å²) in [4.78, 5) is 21.6. The minimum Gasteiger partial charge on any atom is -0.480 e. The first-order valence-corrected chi connectivity index (χ1v) is 6.17. The molecule has 0 aliphatic heterocycles. The molecule has 0 aromatic heterocycles. The third-order valence-electron chi connectivity index (χ3n) is 3.11. The van der Waals surface area contributed by atoms with Crippen molar-refractivity contribution < 1.29 is 19.2 Å². The van der Waals surface area contributed by atoms with Gasteiger partial charge in [0.25, 0.3) is 5.69 Å². The molecule has 20 heavy (non-hydrogen) atoms. The molecule has 1 unspecified atom stereocenters. The predicted octanol–water partition coefficient (Wildman–Crippen LogP) is 3.10. The summed E-state index contributed by atoms with van der Waals surface area (Å²) in [5, 5.41) is 22.9. The number of carboxylic acid groups (broad SMARTS) is 1. The van der Waals surface area contributed by atoms with E-state index in [-0.39, 0.29) is 17.7 Å². The molecule has 1 aromatic carbocycles. The van der Waals surface area contributed by atoms with E-state index in [1.54, 1.807) is 0 Å². The zero-order valence-electron chi connectivity index (χ0n) is 11.6. The lowest BCUT2D eigenvalue weighted by molar-refractivity contribution is -0.384. The Balaban J connectivity index is 3.28. The van der Waals surface area contributed by atoms with Crippen LogP contribution < -0.4 is 5.32 Å². The monoisotopic (exact) mass is 284 g/mol. The number of carbonyl (C=O) groups is 1. The normalized spacial score (nSPS) is 13.6. The van der Waals surface area contributed by atoms with E-state index in [1.807, 2.05) is 6.92 Å². The highest BCUT2D eigenvalue weighted by Crippen LogP contribution is 2.31. The molecule has 7 heteroatoms. The predicted molar refractivity (Wildman–Crippen MR) is 72.4 cm³/mol. The summed E-state index contributed by atoms with van der Waals surface area (Å²) < 4.78 is 13.4. The van der Waals surface area contributed by atoms with Crippen molar-refractivity contribution >= 4 is 17.3 Å². The molecule has 0 heterocycles. The van der Waals surface area contributed by atoms with Crippen molar-refractivity contribution in [1.29, 1.82) is 0 Å². The Morgan fingerprint density at radius 1 is 1.55 bits per heavy atom. The van der Waals surface area contributed by atoms with Crippen LogP contribution in [0, 0.1) is 22.9 Å². The van der Waals surface area contributed by atoms with Crippen LogP contribution in [0.5, 0.6) is 0 Å². The van der Waals surface area contributed by atoms with Gasteiger partial charge in [0.05, 0.1) is 11.0 Å². The summed E-state index contributed by atoms with van der Waals surface area (Å²) in [6, 6.07) is 2.05. The van der Waals surface area contributed by atoms with Gasteiger partial charge in [-0.15, -0.1) is 0 Å².